The highest BCUT2D eigenvalue weighted by Gasteiger charge is 2.27. The standard InChI is InChI=1S/C8H13N3O2S/c1-4-14-10-7(12)6(5-9)8(13)11(2)3/h6H,4H2,1-3H3,(H,10,12). The van der Waals surface area contributed by atoms with Crippen molar-refractivity contribution in [3.63, 3.8) is 0 Å². The summed E-state index contributed by atoms with van der Waals surface area (Å²) in [5, 5.41) is 8.65. The van der Waals surface area contributed by atoms with E-state index >= 15 is 0 Å². The maximum Gasteiger partial charge on any atom is 0.256 e. The highest BCUT2D eigenvalue weighted by atomic mass is 32.2. The van der Waals surface area contributed by atoms with Crippen molar-refractivity contribution in [3.8, 4) is 6.07 Å². The Kier molecular flexibility index (Phi) is 5.72. The maximum atomic E-state index is 11.3. The fourth-order valence-electron chi connectivity index (χ4n) is 0.686. The van der Waals surface area contributed by atoms with Crippen LogP contribution in [0, 0.1) is 17.2 Å². The Bertz CT molecular complexity index is 260. The molecular weight excluding hydrogens is 202 g/mol. The zero-order chi connectivity index (χ0) is 11.1. The van der Waals surface area contributed by atoms with Gasteiger partial charge in [0, 0.05) is 19.8 Å². The Labute approximate surface area is 87.6 Å². The van der Waals surface area contributed by atoms with Gasteiger partial charge in [0.15, 0.2) is 0 Å². The van der Waals surface area contributed by atoms with Crippen LogP contribution in [-0.2, 0) is 9.59 Å². The van der Waals surface area contributed by atoms with Gasteiger partial charge in [-0.3, -0.25) is 14.3 Å². The molecule has 0 radical (unpaired) electrons. The van der Waals surface area contributed by atoms with Crippen LogP contribution in [0.5, 0.6) is 0 Å². The number of carbonyl (C=O) groups excluding carboxylic acids is 2. The van der Waals surface area contributed by atoms with Gasteiger partial charge in [0.05, 0.1) is 6.07 Å². The Morgan fingerprint density at radius 1 is 1.57 bits per heavy atom. The third-order valence-corrected chi connectivity index (χ3v) is 2.03. The van der Waals surface area contributed by atoms with Gasteiger partial charge in [0.25, 0.3) is 5.91 Å². The van der Waals surface area contributed by atoms with E-state index < -0.39 is 17.7 Å². The molecule has 14 heavy (non-hydrogen) atoms. The van der Waals surface area contributed by atoms with Gasteiger partial charge in [-0.1, -0.05) is 18.9 Å². The second-order valence-electron chi connectivity index (χ2n) is 2.69. The molecule has 6 heteroatoms. The molecule has 0 heterocycles. The van der Waals surface area contributed by atoms with E-state index in [4.69, 9.17) is 5.26 Å². The van der Waals surface area contributed by atoms with Gasteiger partial charge in [-0.15, -0.1) is 0 Å². The van der Waals surface area contributed by atoms with Crippen molar-refractivity contribution in [2.75, 3.05) is 19.8 Å². The molecule has 0 aromatic heterocycles. The number of nitriles is 1. The monoisotopic (exact) mass is 215 g/mol. The average Bonchev–Trinajstić information content (AvgIpc) is 2.15. The molecule has 0 saturated carbocycles. The van der Waals surface area contributed by atoms with E-state index in [2.05, 4.69) is 4.72 Å². The zero-order valence-corrected chi connectivity index (χ0v) is 9.22. The van der Waals surface area contributed by atoms with Crippen molar-refractivity contribution >= 4 is 23.8 Å². The normalized spacial score (nSPS) is 11.3. The van der Waals surface area contributed by atoms with Crippen molar-refractivity contribution < 1.29 is 9.59 Å². The first-order valence-corrected chi connectivity index (χ1v) is 5.05. The molecule has 0 fully saturated rings. The number of hydrogen-bond donors (Lipinski definition) is 1. The number of nitrogens with one attached hydrogen (secondary N) is 1. The number of nitrogens with zero attached hydrogens (tertiary/aromatic N) is 2. The molecule has 0 rings (SSSR count). The van der Waals surface area contributed by atoms with Crippen LogP contribution in [0.25, 0.3) is 0 Å². The molecule has 5 nitrogen and oxygen atoms in total. The summed E-state index contributed by atoms with van der Waals surface area (Å²) in [7, 11) is 3.01. The Balaban J connectivity index is 4.35. The Morgan fingerprint density at radius 3 is 2.50 bits per heavy atom. The lowest BCUT2D eigenvalue weighted by molar-refractivity contribution is -0.137. The first kappa shape index (κ1) is 12.8. The van der Waals surface area contributed by atoms with Crippen LogP contribution < -0.4 is 4.72 Å². The number of hydrogen-bond acceptors (Lipinski definition) is 4. The highest BCUT2D eigenvalue weighted by Crippen LogP contribution is 2.02. The molecule has 0 aromatic rings. The Morgan fingerprint density at radius 2 is 2.14 bits per heavy atom. The van der Waals surface area contributed by atoms with E-state index in [0.29, 0.717) is 5.75 Å². The minimum absolute atomic E-state index is 0.498. The summed E-state index contributed by atoms with van der Waals surface area (Å²) in [5.74, 6) is -1.61. The van der Waals surface area contributed by atoms with Crippen molar-refractivity contribution in [1.29, 1.82) is 5.26 Å². The fraction of sp³-hybridized carbons (Fsp3) is 0.625. The predicted octanol–water partition coefficient (Wildman–Crippen LogP) is -0.00132. The summed E-state index contributed by atoms with van der Waals surface area (Å²) < 4.78 is 2.43. The summed E-state index contributed by atoms with van der Waals surface area (Å²) >= 11 is 1.17. The van der Waals surface area contributed by atoms with Crippen molar-refractivity contribution in [2.45, 2.75) is 6.92 Å². The lowest BCUT2D eigenvalue weighted by atomic mass is 10.1. The summed E-state index contributed by atoms with van der Waals surface area (Å²) in [6.45, 7) is 1.86. The molecular formula is C8H13N3O2S. The van der Waals surface area contributed by atoms with Gasteiger partial charge >= 0.3 is 0 Å². The lowest BCUT2D eigenvalue weighted by Crippen LogP contribution is -2.38. The zero-order valence-electron chi connectivity index (χ0n) is 8.40. The summed E-state index contributed by atoms with van der Waals surface area (Å²) in [5.41, 5.74) is 0. The minimum Gasteiger partial charge on any atom is -0.347 e. The second-order valence-corrected chi connectivity index (χ2v) is 3.76. The smallest absolute Gasteiger partial charge is 0.256 e. The van der Waals surface area contributed by atoms with Crippen molar-refractivity contribution in [1.82, 2.24) is 9.62 Å². The van der Waals surface area contributed by atoms with E-state index in [-0.39, 0.29) is 0 Å². The van der Waals surface area contributed by atoms with E-state index in [1.54, 1.807) is 6.07 Å². The van der Waals surface area contributed by atoms with Gasteiger partial charge < -0.3 is 4.90 Å². The molecule has 1 unspecified atom stereocenters. The third kappa shape index (κ3) is 3.66. The van der Waals surface area contributed by atoms with E-state index in [9.17, 15) is 9.59 Å². The summed E-state index contributed by atoms with van der Waals surface area (Å²) in [4.78, 5) is 23.8. The molecule has 1 atom stereocenters. The van der Waals surface area contributed by atoms with Gasteiger partial charge in [0.1, 0.15) is 0 Å². The molecule has 0 aliphatic rings. The third-order valence-electron chi connectivity index (χ3n) is 1.40. The molecule has 0 saturated heterocycles. The first-order valence-electron chi connectivity index (χ1n) is 4.07. The van der Waals surface area contributed by atoms with Gasteiger partial charge in [-0.2, -0.15) is 5.26 Å². The Hall–Kier alpha value is -1.22. The molecule has 78 valence electrons. The minimum atomic E-state index is -1.25. The number of amides is 2. The van der Waals surface area contributed by atoms with E-state index in [0.717, 1.165) is 0 Å². The van der Waals surface area contributed by atoms with Crippen LogP contribution in [0.15, 0.2) is 0 Å². The van der Waals surface area contributed by atoms with Gasteiger partial charge in [-0.25, -0.2) is 0 Å². The molecule has 1 N–H and O–H groups in total. The SMILES string of the molecule is CCSNC(=O)C(C#N)C(=O)N(C)C. The summed E-state index contributed by atoms with van der Waals surface area (Å²) in [6.07, 6.45) is 0. The van der Waals surface area contributed by atoms with Crippen LogP contribution in [0.1, 0.15) is 6.92 Å². The van der Waals surface area contributed by atoms with Crippen molar-refractivity contribution in [2.24, 2.45) is 5.92 Å². The van der Waals surface area contributed by atoms with Crippen LogP contribution in [0.3, 0.4) is 0 Å². The van der Waals surface area contributed by atoms with E-state index in [1.807, 2.05) is 6.92 Å². The maximum absolute atomic E-state index is 11.3. The molecule has 0 aromatic carbocycles. The molecule has 0 aliphatic heterocycles. The molecule has 0 spiro atoms. The first-order chi connectivity index (χ1) is 6.54. The lowest BCUT2D eigenvalue weighted by Gasteiger charge is -2.13. The largest absolute Gasteiger partial charge is 0.347 e. The second kappa shape index (κ2) is 6.27. The topological polar surface area (TPSA) is 73.2 Å². The quantitative estimate of drug-likeness (QED) is 0.529. The summed E-state index contributed by atoms with van der Waals surface area (Å²) in [6, 6.07) is 1.68. The molecule has 0 bridgehead atoms. The number of rotatable bonds is 4. The van der Waals surface area contributed by atoms with Crippen LogP contribution in [0.4, 0.5) is 0 Å². The van der Waals surface area contributed by atoms with Crippen LogP contribution in [-0.4, -0.2) is 36.6 Å². The average molecular weight is 215 g/mol. The molecule has 0 aliphatic carbocycles. The van der Waals surface area contributed by atoms with Crippen LogP contribution >= 0.6 is 11.9 Å². The van der Waals surface area contributed by atoms with Crippen molar-refractivity contribution in [3.05, 3.63) is 0 Å². The highest BCUT2D eigenvalue weighted by molar-refractivity contribution is 7.97. The predicted molar refractivity (Wildman–Crippen MR) is 54.1 cm³/mol. The van der Waals surface area contributed by atoms with E-state index in [1.165, 1.54) is 30.9 Å². The van der Waals surface area contributed by atoms with Crippen LogP contribution in [0.2, 0.25) is 0 Å². The van der Waals surface area contributed by atoms with Gasteiger partial charge in [0.2, 0.25) is 11.8 Å². The molecule has 2 amide bonds. The fourth-order valence-corrected chi connectivity index (χ4v) is 1.09. The number of carbonyl (C=O) groups is 2. The van der Waals surface area contributed by atoms with Gasteiger partial charge in [-0.05, 0) is 0 Å².